The molecule has 0 heterocycles. The molecule has 0 fully saturated rings. The topological polar surface area (TPSA) is 0 Å². The third-order valence-electron chi connectivity index (χ3n) is 2.42. The van der Waals surface area contributed by atoms with Gasteiger partial charge in [0.05, 0.1) is 0 Å². The largest absolute Gasteiger partial charge is 0.120 e. The average molecular weight is 207 g/mol. The molecule has 0 saturated heterocycles. The SMILES string of the molecule is C#CCC(c1cccc(Cl)c1)C(C)C. The molecule has 1 atom stereocenters. The van der Waals surface area contributed by atoms with E-state index in [-0.39, 0.29) is 0 Å². The second-order valence-electron chi connectivity index (χ2n) is 3.81. The van der Waals surface area contributed by atoms with Gasteiger partial charge in [0, 0.05) is 11.4 Å². The first-order valence-corrected chi connectivity index (χ1v) is 5.22. The maximum absolute atomic E-state index is 5.94. The third-order valence-corrected chi connectivity index (χ3v) is 2.65. The first kappa shape index (κ1) is 11.1. The second kappa shape index (κ2) is 5.08. The molecule has 0 N–H and O–H groups in total. The highest BCUT2D eigenvalue weighted by Gasteiger charge is 2.14. The van der Waals surface area contributed by atoms with Crippen LogP contribution in [0.4, 0.5) is 0 Å². The van der Waals surface area contributed by atoms with E-state index in [1.165, 1.54) is 5.56 Å². The maximum Gasteiger partial charge on any atom is 0.0408 e. The molecular weight excluding hydrogens is 192 g/mol. The molecule has 1 aromatic carbocycles. The van der Waals surface area contributed by atoms with Gasteiger partial charge in [-0.3, -0.25) is 0 Å². The van der Waals surface area contributed by atoms with E-state index in [1.54, 1.807) is 0 Å². The summed E-state index contributed by atoms with van der Waals surface area (Å²) >= 11 is 5.94. The molecular formula is C13H15Cl. The van der Waals surface area contributed by atoms with Crippen LogP contribution in [-0.4, -0.2) is 0 Å². The van der Waals surface area contributed by atoms with Crippen molar-refractivity contribution >= 4 is 11.6 Å². The lowest BCUT2D eigenvalue weighted by atomic mass is 9.86. The van der Waals surface area contributed by atoms with E-state index in [2.05, 4.69) is 25.8 Å². The fourth-order valence-electron chi connectivity index (χ4n) is 1.60. The van der Waals surface area contributed by atoms with Gasteiger partial charge in [0.1, 0.15) is 0 Å². The Morgan fingerprint density at radius 1 is 1.43 bits per heavy atom. The molecule has 0 saturated carbocycles. The van der Waals surface area contributed by atoms with Gasteiger partial charge in [-0.2, -0.15) is 0 Å². The van der Waals surface area contributed by atoms with Gasteiger partial charge in [-0.05, 0) is 29.5 Å². The van der Waals surface area contributed by atoms with Crippen molar-refractivity contribution in [2.24, 2.45) is 5.92 Å². The summed E-state index contributed by atoms with van der Waals surface area (Å²) in [6.07, 6.45) is 6.14. The lowest BCUT2D eigenvalue weighted by molar-refractivity contribution is 0.508. The van der Waals surface area contributed by atoms with Gasteiger partial charge in [-0.15, -0.1) is 12.3 Å². The standard InChI is InChI=1S/C13H15Cl/c1-4-6-13(10(2)3)11-7-5-8-12(14)9-11/h1,5,7-10,13H,6H2,2-3H3. The first-order chi connectivity index (χ1) is 6.65. The van der Waals surface area contributed by atoms with E-state index in [4.69, 9.17) is 18.0 Å². The lowest BCUT2D eigenvalue weighted by Gasteiger charge is -2.18. The molecule has 14 heavy (non-hydrogen) atoms. The van der Waals surface area contributed by atoms with E-state index in [9.17, 15) is 0 Å². The summed E-state index contributed by atoms with van der Waals surface area (Å²) < 4.78 is 0. The monoisotopic (exact) mass is 206 g/mol. The van der Waals surface area contributed by atoms with Gasteiger partial charge in [0.2, 0.25) is 0 Å². The lowest BCUT2D eigenvalue weighted by Crippen LogP contribution is -2.05. The van der Waals surface area contributed by atoms with Crippen LogP contribution in [0.15, 0.2) is 24.3 Å². The fourth-order valence-corrected chi connectivity index (χ4v) is 1.80. The van der Waals surface area contributed by atoms with Crippen LogP contribution in [0, 0.1) is 18.3 Å². The molecule has 1 heteroatoms. The zero-order chi connectivity index (χ0) is 10.6. The highest BCUT2D eigenvalue weighted by Crippen LogP contribution is 2.28. The van der Waals surface area contributed by atoms with E-state index in [0.29, 0.717) is 11.8 Å². The summed E-state index contributed by atoms with van der Waals surface area (Å²) in [5.41, 5.74) is 1.24. The summed E-state index contributed by atoms with van der Waals surface area (Å²) in [5.74, 6) is 3.69. The second-order valence-corrected chi connectivity index (χ2v) is 4.25. The van der Waals surface area contributed by atoms with Crippen molar-refractivity contribution in [3.05, 3.63) is 34.9 Å². The number of rotatable bonds is 3. The van der Waals surface area contributed by atoms with E-state index >= 15 is 0 Å². The number of benzene rings is 1. The highest BCUT2D eigenvalue weighted by molar-refractivity contribution is 6.30. The molecule has 0 amide bonds. The zero-order valence-corrected chi connectivity index (χ0v) is 9.38. The van der Waals surface area contributed by atoms with Gasteiger partial charge < -0.3 is 0 Å². The Morgan fingerprint density at radius 3 is 2.64 bits per heavy atom. The van der Waals surface area contributed by atoms with Crippen LogP contribution < -0.4 is 0 Å². The fraction of sp³-hybridized carbons (Fsp3) is 0.385. The van der Waals surface area contributed by atoms with Crippen LogP contribution in [0.3, 0.4) is 0 Å². The van der Waals surface area contributed by atoms with Crippen molar-refractivity contribution in [3.8, 4) is 12.3 Å². The minimum absolute atomic E-state index is 0.415. The van der Waals surface area contributed by atoms with Crippen molar-refractivity contribution in [2.75, 3.05) is 0 Å². The Morgan fingerprint density at radius 2 is 2.14 bits per heavy atom. The van der Waals surface area contributed by atoms with Crippen molar-refractivity contribution in [1.29, 1.82) is 0 Å². The molecule has 1 unspecified atom stereocenters. The minimum atomic E-state index is 0.415. The third kappa shape index (κ3) is 2.79. The number of hydrogen-bond acceptors (Lipinski definition) is 0. The molecule has 0 nitrogen and oxygen atoms in total. The first-order valence-electron chi connectivity index (χ1n) is 4.84. The zero-order valence-electron chi connectivity index (χ0n) is 8.63. The van der Waals surface area contributed by atoms with Gasteiger partial charge in [0.15, 0.2) is 0 Å². The molecule has 0 aliphatic heterocycles. The van der Waals surface area contributed by atoms with Crippen LogP contribution in [0.1, 0.15) is 31.7 Å². The number of hydrogen-bond donors (Lipinski definition) is 0. The van der Waals surface area contributed by atoms with Crippen molar-refractivity contribution in [3.63, 3.8) is 0 Å². The molecule has 1 aromatic rings. The molecule has 1 rings (SSSR count). The quantitative estimate of drug-likeness (QED) is 0.654. The van der Waals surface area contributed by atoms with Gasteiger partial charge >= 0.3 is 0 Å². The predicted molar refractivity (Wildman–Crippen MR) is 62.5 cm³/mol. The summed E-state index contributed by atoms with van der Waals surface area (Å²) in [4.78, 5) is 0. The molecule has 0 aliphatic carbocycles. The van der Waals surface area contributed by atoms with E-state index < -0.39 is 0 Å². The Kier molecular flexibility index (Phi) is 4.04. The van der Waals surface area contributed by atoms with E-state index in [1.807, 2.05) is 18.2 Å². The van der Waals surface area contributed by atoms with Gasteiger partial charge in [0.25, 0.3) is 0 Å². The Labute approximate surface area is 91.3 Å². The van der Waals surface area contributed by atoms with Gasteiger partial charge in [-0.1, -0.05) is 37.6 Å². The Hall–Kier alpha value is -0.930. The molecule has 0 spiro atoms. The molecule has 0 aliphatic rings. The Balaban J connectivity index is 2.94. The van der Waals surface area contributed by atoms with Crippen molar-refractivity contribution in [2.45, 2.75) is 26.2 Å². The molecule has 0 aromatic heterocycles. The van der Waals surface area contributed by atoms with Gasteiger partial charge in [-0.25, -0.2) is 0 Å². The maximum atomic E-state index is 5.94. The van der Waals surface area contributed by atoms with Crippen LogP contribution in [-0.2, 0) is 0 Å². The summed E-state index contributed by atoms with van der Waals surface area (Å²) in [6, 6.07) is 7.96. The predicted octanol–water partition coefficient (Wildman–Crippen LogP) is 4.10. The normalized spacial score (nSPS) is 12.5. The highest BCUT2D eigenvalue weighted by atomic mass is 35.5. The van der Waals surface area contributed by atoms with E-state index in [0.717, 1.165) is 11.4 Å². The van der Waals surface area contributed by atoms with Crippen molar-refractivity contribution in [1.82, 2.24) is 0 Å². The minimum Gasteiger partial charge on any atom is -0.120 e. The van der Waals surface area contributed by atoms with Crippen LogP contribution >= 0.6 is 11.6 Å². The molecule has 74 valence electrons. The van der Waals surface area contributed by atoms with Crippen LogP contribution in [0.2, 0.25) is 5.02 Å². The van der Waals surface area contributed by atoms with Crippen molar-refractivity contribution < 1.29 is 0 Å². The summed E-state index contributed by atoms with van der Waals surface area (Å²) in [6.45, 7) is 4.37. The summed E-state index contributed by atoms with van der Waals surface area (Å²) in [5, 5.41) is 0.783. The average Bonchev–Trinajstić information content (AvgIpc) is 2.13. The smallest absolute Gasteiger partial charge is 0.0408 e. The van der Waals surface area contributed by atoms with Crippen LogP contribution in [0.25, 0.3) is 0 Å². The van der Waals surface area contributed by atoms with Crippen LogP contribution in [0.5, 0.6) is 0 Å². The summed E-state index contributed by atoms with van der Waals surface area (Å²) in [7, 11) is 0. The molecule has 0 radical (unpaired) electrons. The molecule has 0 bridgehead atoms. The number of terminal acetylenes is 1. The Bertz CT molecular complexity index is 333. The number of halogens is 1.